The fourth-order valence-corrected chi connectivity index (χ4v) is 7.86. The second-order valence-corrected chi connectivity index (χ2v) is 23.5. The third kappa shape index (κ3) is 22.6. The fraction of sp³-hybridized carbons (Fsp3) is 0.911. The van der Waals surface area contributed by atoms with Crippen LogP contribution in [0.2, 0.25) is 0 Å². The van der Waals surface area contributed by atoms with Crippen LogP contribution in [0.1, 0.15) is 170 Å². The number of rotatable bonds is 22. The molecule has 0 amide bonds. The molecular formula is C45H84O12. The Kier molecular flexibility index (Phi) is 20.0. The van der Waals surface area contributed by atoms with Crippen LogP contribution in [0.3, 0.4) is 0 Å². The first-order valence-corrected chi connectivity index (χ1v) is 20.6. The van der Waals surface area contributed by atoms with Crippen LogP contribution in [0, 0.1) is 43.3 Å². The molecular weight excluding hydrogens is 732 g/mol. The molecule has 0 aromatic rings. The number of hydrogen-bond donors (Lipinski definition) is 4. The van der Waals surface area contributed by atoms with Crippen LogP contribution in [0.15, 0.2) is 0 Å². The molecule has 57 heavy (non-hydrogen) atoms. The van der Waals surface area contributed by atoms with Crippen molar-refractivity contribution in [1.29, 1.82) is 0 Å². The predicted octanol–water partition coefficient (Wildman–Crippen LogP) is 7.58. The molecule has 0 bridgehead atoms. The largest absolute Gasteiger partial charge is 0.463 e. The summed E-state index contributed by atoms with van der Waals surface area (Å²) in [6, 6.07) is 0. The maximum Gasteiger partial charge on any atom is 0.311 e. The monoisotopic (exact) mass is 817 g/mol. The molecule has 4 N–H and O–H groups in total. The van der Waals surface area contributed by atoms with Gasteiger partial charge in [-0.25, -0.2) is 0 Å². The molecule has 12 nitrogen and oxygen atoms in total. The predicted molar refractivity (Wildman–Crippen MR) is 222 cm³/mol. The van der Waals surface area contributed by atoms with Gasteiger partial charge in [-0.1, -0.05) is 83.1 Å². The molecule has 0 aliphatic carbocycles. The Bertz CT molecular complexity index is 1190. The van der Waals surface area contributed by atoms with Gasteiger partial charge >= 0.3 is 23.9 Å². The molecule has 336 valence electrons. The van der Waals surface area contributed by atoms with E-state index < -0.39 is 70.0 Å². The lowest BCUT2D eigenvalue weighted by Crippen LogP contribution is -2.47. The van der Waals surface area contributed by atoms with E-state index in [-0.39, 0.29) is 67.3 Å². The zero-order valence-electron chi connectivity index (χ0n) is 39.1. The van der Waals surface area contributed by atoms with Gasteiger partial charge in [0, 0.05) is 0 Å². The Morgan fingerprint density at radius 3 is 0.737 bits per heavy atom. The topological polar surface area (TPSA) is 186 Å². The highest BCUT2D eigenvalue weighted by Gasteiger charge is 2.53. The number of aliphatic hydroxyl groups excluding tert-OH is 4. The summed E-state index contributed by atoms with van der Waals surface area (Å²) in [7, 11) is 0. The zero-order chi connectivity index (χ0) is 45.2. The van der Waals surface area contributed by atoms with Gasteiger partial charge in [0.2, 0.25) is 0 Å². The summed E-state index contributed by atoms with van der Waals surface area (Å²) < 4.78 is 22.7. The van der Waals surface area contributed by atoms with Gasteiger partial charge in [0.1, 0.15) is 26.4 Å². The van der Waals surface area contributed by atoms with Crippen LogP contribution in [-0.2, 0) is 38.1 Å². The summed E-state index contributed by atoms with van der Waals surface area (Å²) in [5.74, 6) is -2.90. The van der Waals surface area contributed by atoms with Crippen LogP contribution in [0.5, 0.6) is 0 Å². The van der Waals surface area contributed by atoms with Gasteiger partial charge in [0.25, 0.3) is 0 Å². The van der Waals surface area contributed by atoms with E-state index in [0.717, 1.165) is 0 Å². The van der Waals surface area contributed by atoms with Gasteiger partial charge in [-0.2, -0.15) is 0 Å². The highest BCUT2D eigenvalue weighted by atomic mass is 16.6. The Morgan fingerprint density at radius 2 is 0.544 bits per heavy atom. The molecule has 6 atom stereocenters. The lowest BCUT2D eigenvalue weighted by Gasteiger charge is -2.42. The second kappa shape index (κ2) is 20.8. The average Bonchev–Trinajstić information content (AvgIpc) is 2.95. The summed E-state index contributed by atoms with van der Waals surface area (Å²) >= 11 is 0. The average molecular weight is 817 g/mol. The van der Waals surface area contributed by atoms with E-state index >= 15 is 0 Å². The van der Waals surface area contributed by atoms with Gasteiger partial charge in [-0.05, 0) is 108 Å². The third-order valence-electron chi connectivity index (χ3n) is 9.55. The van der Waals surface area contributed by atoms with Crippen molar-refractivity contribution in [2.45, 2.75) is 194 Å². The number of aliphatic hydroxyl groups is 4. The molecule has 0 saturated heterocycles. The van der Waals surface area contributed by atoms with Gasteiger partial charge in [-0.15, -0.1) is 0 Å². The first-order chi connectivity index (χ1) is 25.2. The molecule has 0 saturated carbocycles. The summed E-state index contributed by atoms with van der Waals surface area (Å²) in [4.78, 5) is 56.0. The molecule has 0 aliphatic rings. The Hall–Kier alpha value is -2.28. The van der Waals surface area contributed by atoms with Crippen molar-refractivity contribution in [3.05, 3.63) is 0 Å². The van der Waals surface area contributed by atoms with Gasteiger partial charge in [0.05, 0.1) is 46.1 Å². The van der Waals surface area contributed by atoms with E-state index in [1.807, 2.05) is 83.1 Å². The number of ether oxygens (including phenoxy) is 4. The molecule has 12 heteroatoms. The van der Waals surface area contributed by atoms with Crippen molar-refractivity contribution < 1.29 is 58.6 Å². The Balaban J connectivity index is 6.98. The molecule has 0 radical (unpaired) electrons. The van der Waals surface area contributed by atoms with E-state index in [4.69, 9.17) is 18.9 Å². The van der Waals surface area contributed by atoms with Crippen molar-refractivity contribution >= 4 is 23.9 Å². The van der Waals surface area contributed by atoms with Gasteiger partial charge < -0.3 is 39.4 Å². The summed E-state index contributed by atoms with van der Waals surface area (Å²) in [5.41, 5.74) is -6.84. The number of hydrogen-bond acceptors (Lipinski definition) is 12. The Morgan fingerprint density at radius 1 is 0.351 bits per heavy atom. The highest BCUT2D eigenvalue weighted by Crippen LogP contribution is 2.49. The molecule has 0 rings (SSSR count). The molecule has 0 aromatic carbocycles. The fourth-order valence-electron chi connectivity index (χ4n) is 7.86. The van der Waals surface area contributed by atoms with E-state index in [9.17, 15) is 39.6 Å². The van der Waals surface area contributed by atoms with Crippen molar-refractivity contribution in [3.63, 3.8) is 0 Å². The van der Waals surface area contributed by atoms with E-state index in [1.165, 1.54) is 0 Å². The summed E-state index contributed by atoms with van der Waals surface area (Å²) in [6.45, 7) is 31.9. The normalized spacial score (nSPS) is 17.6. The van der Waals surface area contributed by atoms with Gasteiger partial charge in [0.15, 0.2) is 0 Å². The lowest BCUT2D eigenvalue weighted by molar-refractivity contribution is -0.175. The molecule has 0 spiro atoms. The number of carbonyl (C=O) groups excluding carboxylic acids is 4. The zero-order valence-corrected chi connectivity index (χ0v) is 39.1. The van der Waals surface area contributed by atoms with Crippen LogP contribution < -0.4 is 0 Å². The molecule has 0 aromatic heterocycles. The summed E-state index contributed by atoms with van der Waals surface area (Å²) in [5, 5.41) is 42.7. The first kappa shape index (κ1) is 54.7. The standard InChI is InChI=1S/C45H84O12/c1-38(2,3)19-30(46)23-54-34(50)42(13,14)27-44(17,36(52)56-25-32(48)21-40(7,8)9)29-45(18,37(53)57-26-33(49)22-41(10,11)12)28-43(15,16)35(51)55-24-31(47)20-39(4,5)6/h30-33,46-49H,19-29H2,1-18H3. The van der Waals surface area contributed by atoms with Crippen molar-refractivity contribution in [2.75, 3.05) is 26.4 Å². The third-order valence-corrected chi connectivity index (χ3v) is 9.55. The van der Waals surface area contributed by atoms with Crippen molar-refractivity contribution in [2.24, 2.45) is 43.3 Å². The minimum atomic E-state index is -1.60. The second-order valence-electron chi connectivity index (χ2n) is 23.5. The quantitative estimate of drug-likeness (QED) is 0.0621. The SMILES string of the molecule is CC(C)(C)CC(O)COC(=O)C(C)(C)CC(C)(CC(C)(CC(C)(C)C(=O)OCC(O)CC(C)(C)C)C(=O)OCC(O)CC(C)(C)C)C(=O)OCC(O)CC(C)(C)C. The highest BCUT2D eigenvalue weighted by molar-refractivity contribution is 5.84. The van der Waals surface area contributed by atoms with E-state index in [2.05, 4.69) is 0 Å². The first-order valence-electron chi connectivity index (χ1n) is 20.6. The van der Waals surface area contributed by atoms with Crippen LogP contribution in [0.4, 0.5) is 0 Å². The van der Waals surface area contributed by atoms with E-state index in [1.54, 1.807) is 41.5 Å². The van der Waals surface area contributed by atoms with Crippen molar-refractivity contribution in [3.8, 4) is 0 Å². The lowest BCUT2D eigenvalue weighted by atomic mass is 9.62. The maximum absolute atomic E-state index is 14.3. The molecule has 0 fully saturated rings. The molecule has 6 unspecified atom stereocenters. The van der Waals surface area contributed by atoms with Crippen LogP contribution >= 0.6 is 0 Å². The summed E-state index contributed by atoms with van der Waals surface area (Å²) in [6.07, 6.45) is -2.95. The van der Waals surface area contributed by atoms with E-state index in [0.29, 0.717) is 25.7 Å². The maximum atomic E-state index is 14.3. The minimum Gasteiger partial charge on any atom is -0.463 e. The number of esters is 4. The molecule has 0 aliphatic heterocycles. The van der Waals surface area contributed by atoms with Crippen LogP contribution in [-0.4, -0.2) is 95.1 Å². The smallest absolute Gasteiger partial charge is 0.311 e. The number of carbonyl (C=O) groups is 4. The minimum absolute atomic E-state index is 0.179. The van der Waals surface area contributed by atoms with Crippen LogP contribution in [0.25, 0.3) is 0 Å². The molecule has 0 heterocycles. The van der Waals surface area contributed by atoms with Crippen molar-refractivity contribution in [1.82, 2.24) is 0 Å². The Labute approximate surface area is 345 Å². The van der Waals surface area contributed by atoms with Gasteiger partial charge in [-0.3, -0.25) is 19.2 Å².